The molecular formula is C10H15N3O2. The highest BCUT2D eigenvalue weighted by Crippen LogP contribution is 1.93. The molecular weight excluding hydrogens is 194 g/mol. The average molecular weight is 209 g/mol. The van der Waals surface area contributed by atoms with Crippen LogP contribution in [0.15, 0.2) is 18.3 Å². The molecule has 0 saturated heterocycles. The molecule has 0 bridgehead atoms. The molecule has 15 heavy (non-hydrogen) atoms. The van der Waals surface area contributed by atoms with Crippen LogP contribution in [0.25, 0.3) is 0 Å². The summed E-state index contributed by atoms with van der Waals surface area (Å²) in [6.07, 6.45) is 2.43. The van der Waals surface area contributed by atoms with E-state index in [9.17, 15) is 9.59 Å². The minimum atomic E-state index is -0.122. The Bertz CT molecular complexity index is 319. The van der Waals surface area contributed by atoms with Crippen LogP contribution in [0, 0.1) is 0 Å². The molecule has 0 aliphatic rings. The molecule has 0 aliphatic carbocycles. The minimum absolute atomic E-state index is 0.0503. The molecule has 0 saturated carbocycles. The third-order valence-electron chi connectivity index (χ3n) is 1.86. The van der Waals surface area contributed by atoms with Crippen molar-refractivity contribution in [3.63, 3.8) is 0 Å². The van der Waals surface area contributed by atoms with Gasteiger partial charge in [-0.15, -0.1) is 0 Å². The first kappa shape index (κ1) is 11.3. The van der Waals surface area contributed by atoms with Gasteiger partial charge in [0.25, 0.3) is 5.91 Å². The first-order valence-corrected chi connectivity index (χ1v) is 4.86. The van der Waals surface area contributed by atoms with E-state index in [1.54, 1.807) is 18.3 Å². The molecule has 0 unspecified atom stereocenters. The van der Waals surface area contributed by atoms with Crippen molar-refractivity contribution in [2.75, 3.05) is 13.1 Å². The number of carbonyl (C=O) groups is 2. The summed E-state index contributed by atoms with van der Waals surface area (Å²) in [5.74, 6) is -0.173. The standard InChI is InChI=1S/C10H15N3O2/c1-8(14)11-6-3-7-13-10(15)9-4-2-5-12-9/h2,4-5,12H,3,6-7H2,1H3,(H,11,14)(H,13,15). The number of nitrogens with one attached hydrogen (secondary N) is 3. The molecule has 1 heterocycles. The molecule has 5 heteroatoms. The number of hydrogen-bond acceptors (Lipinski definition) is 2. The zero-order chi connectivity index (χ0) is 11.1. The van der Waals surface area contributed by atoms with Gasteiger partial charge in [-0.3, -0.25) is 9.59 Å². The van der Waals surface area contributed by atoms with Crippen LogP contribution in [0.2, 0.25) is 0 Å². The van der Waals surface area contributed by atoms with Crippen molar-refractivity contribution in [2.24, 2.45) is 0 Å². The Morgan fingerprint density at radius 1 is 1.33 bits per heavy atom. The minimum Gasteiger partial charge on any atom is -0.357 e. The van der Waals surface area contributed by atoms with Gasteiger partial charge in [-0.05, 0) is 18.6 Å². The highest BCUT2D eigenvalue weighted by atomic mass is 16.2. The van der Waals surface area contributed by atoms with Gasteiger partial charge in [0, 0.05) is 26.2 Å². The first-order valence-electron chi connectivity index (χ1n) is 4.86. The fourth-order valence-corrected chi connectivity index (χ4v) is 1.12. The molecule has 5 nitrogen and oxygen atoms in total. The maximum Gasteiger partial charge on any atom is 0.267 e. The van der Waals surface area contributed by atoms with Gasteiger partial charge in [0.15, 0.2) is 0 Å². The molecule has 2 amide bonds. The summed E-state index contributed by atoms with van der Waals surface area (Å²) in [5.41, 5.74) is 0.550. The second-order valence-electron chi connectivity index (χ2n) is 3.18. The van der Waals surface area contributed by atoms with Crippen LogP contribution in [-0.2, 0) is 4.79 Å². The number of aromatic nitrogens is 1. The van der Waals surface area contributed by atoms with Crippen LogP contribution >= 0.6 is 0 Å². The molecule has 1 aromatic heterocycles. The highest BCUT2D eigenvalue weighted by Gasteiger charge is 2.03. The van der Waals surface area contributed by atoms with Crippen molar-refractivity contribution in [3.05, 3.63) is 24.0 Å². The van der Waals surface area contributed by atoms with Crippen molar-refractivity contribution in [2.45, 2.75) is 13.3 Å². The third-order valence-corrected chi connectivity index (χ3v) is 1.86. The van der Waals surface area contributed by atoms with Crippen LogP contribution < -0.4 is 10.6 Å². The van der Waals surface area contributed by atoms with Crippen LogP contribution in [0.4, 0.5) is 0 Å². The lowest BCUT2D eigenvalue weighted by atomic mass is 10.3. The Labute approximate surface area is 88.3 Å². The largest absolute Gasteiger partial charge is 0.357 e. The topological polar surface area (TPSA) is 74.0 Å². The number of hydrogen-bond donors (Lipinski definition) is 3. The summed E-state index contributed by atoms with van der Waals surface area (Å²) < 4.78 is 0. The van der Waals surface area contributed by atoms with Crippen LogP contribution in [0.5, 0.6) is 0 Å². The number of H-pyrrole nitrogens is 1. The van der Waals surface area contributed by atoms with E-state index in [1.165, 1.54) is 6.92 Å². The van der Waals surface area contributed by atoms with E-state index in [-0.39, 0.29) is 11.8 Å². The predicted molar refractivity (Wildman–Crippen MR) is 56.4 cm³/mol. The summed E-state index contributed by atoms with van der Waals surface area (Å²) in [6.45, 7) is 2.61. The average Bonchev–Trinajstić information content (AvgIpc) is 2.69. The molecule has 3 N–H and O–H groups in total. The lowest BCUT2D eigenvalue weighted by molar-refractivity contribution is -0.118. The molecule has 0 fully saturated rings. The summed E-state index contributed by atoms with van der Waals surface area (Å²) in [7, 11) is 0. The number of carbonyl (C=O) groups excluding carboxylic acids is 2. The maximum atomic E-state index is 11.4. The van der Waals surface area contributed by atoms with Crippen LogP contribution in [0.1, 0.15) is 23.8 Å². The monoisotopic (exact) mass is 209 g/mol. The second kappa shape index (κ2) is 5.85. The Kier molecular flexibility index (Phi) is 4.40. The van der Waals surface area contributed by atoms with Crippen molar-refractivity contribution in [1.82, 2.24) is 15.6 Å². The van der Waals surface area contributed by atoms with Gasteiger partial charge >= 0.3 is 0 Å². The Balaban J connectivity index is 2.10. The molecule has 0 radical (unpaired) electrons. The SMILES string of the molecule is CC(=O)NCCCNC(=O)c1ccc[nH]1. The summed E-state index contributed by atoms with van der Waals surface area (Å²) in [4.78, 5) is 24.7. The van der Waals surface area contributed by atoms with Gasteiger partial charge in [0.05, 0.1) is 0 Å². The Morgan fingerprint density at radius 2 is 2.07 bits per heavy atom. The summed E-state index contributed by atoms with van der Waals surface area (Å²) >= 11 is 0. The summed E-state index contributed by atoms with van der Waals surface area (Å²) in [6, 6.07) is 3.48. The van der Waals surface area contributed by atoms with Crippen molar-refractivity contribution in [3.8, 4) is 0 Å². The van der Waals surface area contributed by atoms with Crippen molar-refractivity contribution in [1.29, 1.82) is 0 Å². The zero-order valence-electron chi connectivity index (χ0n) is 8.67. The lowest BCUT2D eigenvalue weighted by Crippen LogP contribution is -2.28. The van der Waals surface area contributed by atoms with Crippen LogP contribution in [0.3, 0.4) is 0 Å². The fraction of sp³-hybridized carbons (Fsp3) is 0.400. The van der Waals surface area contributed by atoms with E-state index in [4.69, 9.17) is 0 Å². The summed E-state index contributed by atoms with van der Waals surface area (Å²) in [5, 5.41) is 5.39. The van der Waals surface area contributed by atoms with Crippen molar-refractivity contribution >= 4 is 11.8 Å². The number of aromatic amines is 1. The predicted octanol–water partition coefficient (Wildman–Crippen LogP) is 0.271. The lowest BCUT2D eigenvalue weighted by Gasteiger charge is -2.04. The van der Waals surface area contributed by atoms with E-state index in [1.807, 2.05) is 0 Å². The van der Waals surface area contributed by atoms with Gasteiger partial charge in [0.2, 0.25) is 5.91 Å². The Morgan fingerprint density at radius 3 is 2.67 bits per heavy atom. The molecule has 0 atom stereocenters. The van der Waals surface area contributed by atoms with Crippen molar-refractivity contribution < 1.29 is 9.59 Å². The maximum absolute atomic E-state index is 11.4. The highest BCUT2D eigenvalue weighted by molar-refractivity contribution is 5.92. The van der Waals surface area contributed by atoms with Crippen LogP contribution in [-0.4, -0.2) is 29.9 Å². The first-order chi connectivity index (χ1) is 7.20. The number of rotatable bonds is 5. The Hall–Kier alpha value is -1.78. The molecule has 0 aromatic carbocycles. The van der Waals surface area contributed by atoms with Gasteiger partial charge in [-0.2, -0.15) is 0 Å². The van der Waals surface area contributed by atoms with E-state index in [2.05, 4.69) is 15.6 Å². The normalized spacial score (nSPS) is 9.67. The number of amides is 2. The quantitative estimate of drug-likeness (QED) is 0.609. The smallest absolute Gasteiger partial charge is 0.267 e. The fourth-order valence-electron chi connectivity index (χ4n) is 1.12. The molecule has 0 spiro atoms. The van der Waals surface area contributed by atoms with E-state index in [0.29, 0.717) is 18.8 Å². The molecule has 1 aromatic rings. The zero-order valence-corrected chi connectivity index (χ0v) is 8.67. The van der Waals surface area contributed by atoms with E-state index in [0.717, 1.165) is 6.42 Å². The second-order valence-corrected chi connectivity index (χ2v) is 3.18. The molecule has 0 aliphatic heterocycles. The van der Waals surface area contributed by atoms with E-state index < -0.39 is 0 Å². The van der Waals surface area contributed by atoms with Gasteiger partial charge in [-0.1, -0.05) is 0 Å². The van der Waals surface area contributed by atoms with E-state index >= 15 is 0 Å². The van der Waals surface area contributed by atoms with Gasteiger partial charge in [0.1, 0.15) is 5.69 Å². The molecule has 1 rings (SSSR count). The van der Waals surface area contributed by atoms with Gasteiger partial charge in [-0.25, -0.2) is 0 Å². The molecule has 82 valence electrons. The third kappa shape index (κ3) is 4.30. The van der Waals surface area contributed by atoms with Gasteiger partial charge < -0.3 is 15.6 Å².